The summed E-state index contributed by atoms with van der Waals surface area (Å²) in [5, 5.41) is 20.3. The first-order valence-electron chi connectivity index (χ1n) is 7.67. The molecule has 1 aliphatic heterocycles. The van der Waals surface area contributed by atoms with E-state index in [0.29, 0.717) is 12.8 Å². The van der Waals surface area contributed by atoms with Gasteiger partial charge in [-0.05, 0) is 51.5 Å². The molecule has 0 aliphatic carbocycles. The quantitative estimate of drug-likeness (QED) is 0.675. The van der Waals surface area contributed by atoms with Crippen LogP contribution in [0, 0.1) is 5.92 Å². The molecule has 0 aromatic heterocycles. The molecular weight excluding hydrogens is 268 g/mol. The molecule has 0 saturated heterocycles. The van der Waals surface area contributed by atoms with E-state index in [1.54, 1.807) is 19.1 Å². The van der Waals surface area contributed by atoms with Crippen molar-refractivity contribution in [2.45, 2.75) is 71.2 Å². The minimum absolute atomic E-state index is 0.183. The minimum atomic E-state index is -1.06. The highest BCUT2D eigenvalue weighted by Crippen LogP contribution is 2.21. The Hall–Kier alpha value is -1.13. The van der Waals surface area contributed by atoms with E-state index in [0.717, 1.165) is 12.0 Å². The van der Waals surface area contributed by atoms with Gasteiger partial charge in [-0.3, -0.25) is 4.79 Å². The first-order valence-corrected chi connectivity index (χ1v) is 7.67. The van der Waals surface area contributed by atoms with Crippen LogP contribution in [0.15, 0.2) is 23.8 Å². The number of aliphatic hydroxyl groups is 2. The van der Waals surface area contributed by atoms with Crippen molar-refractivity contribution in [3.63, 3.8) is 0 Å². The van der Waals surface area contributed by atoms with Crippen molar-refractivity contribution in [2.24, 2.45) is 5.92 Å². The summed E-state index contributed by atoms with van der Waals surface area (Å²) in [7, 11) is 0. The standard InChI is InChI=1S/C17H28O4/c1-12-7-8-15(18)13(2)6-5-10-17(4,20)11-9-16(19)21-14(12)3/h5-6,10,12,14-15,18,20H,7-9,11H2,1-4H3/b10-5-,13-6+. The van der Waals surface area contributed by atoms with Gasteiger partial charge in [0, 0.05) is 6.42 Å². The zero-order chi connectivity index (χ0) is 16.0. The van der Waals surface area contributed by atoms with Gasteiger partial charge in [0.1, 0.15) is 6.10 Å². The molecule has 4 nitrogen and oxygen atoms in total. The molecule has 0 amide bonds. The van der Waals surface area contributed by atoms with E-state index in [-0.39, 0.29) is 24.4 Å². The second-order valence-corrected chi connectivity index (χ2v) is 6.39. The predicted octanol–water partition coefficient (Wildman–Crippen LogP) is 2.74. The van der Waals surface area contributed by atoms with Crippen LogP contribution in [0.25, 0.3) is 0 Å². The van der Waals surface area contributed by atoms with Crippen molar-refractivity contribution >= 4 is 5.97 Å². The number of allylic oxidation sites excluding steroid dienone is 2. The van der Waals surface area contributed by atoms with Crippen LogP contribution in [-0.4, -0.2) is 34.0 Å². The normalized spacial score (nSPS) is 40.6. The van der Waals surface area contributed by atoms with Gasteiger partial charge in [0.15, 0.2) is 0 Å². The lowest BCUT2D eigenvalue weighted by Gasteiger charge is -2.24. The predicted molar refractivity (Wildman–Crippen MR) is 82.7 cm³/mol. The molecule has 0 aromatic rings. The number of cyclic esters (lactones) is 1. The lowest BCUT2D eigenvalue weighted by atomic mass is 9.94. The van der Waals surface area contributed by atoms with Crippen LogP contribution in [-0.2, 0) is 9.53 Å². The second-order valence-electron chi connectivity index (χ2n) is 6.39. The van der Waals surface area contributed by atoms with Crippen LogP contribution in [0.5, 0.6) is 0 Å². The molecular formula is C17H28O4. The summed E-state index contributed by atoms with van der Waals surface area (Å²) in [5.41, 5.74) is -0.185. The largest absolute Gasteiger partial charge is 0.462 e. The number of carbonyl (C=O) groups is 1. The van der Waals surface area contributed by atoms with E-state index in [1.807, 2.05) is 26.8 Å². The number of aliphatic hydroxyl groups excluding tert-OH is 1. The van der Waals surface area contributed by atoms with E-state index in [2.05, 4.69) is 0 Å². The lowest BCUT2D eigenvalue weighted by Crippen LogP contribution is -2.26. The van der Waals surface area contributed by atoms with Crippen molar-refractivity contribution in [2.75, 3.05) is 0 Å². The summed E-state index contributed by atoms with van der Waals surface area (Å²) in [6, 6.07) is 0. The van der Waals surface area contributed by atoms with Gasteiger partial charge in [0.25, 0.3) is 0 Å². The van der Waals surface area contributed by atoms with E-state index < -0.39 is 11.7 Å². The minimum Gasteiger partial charge on any atom is -0.462 e. The maximum absolute atomic E-state index is 11.8. The van der Waals surface area contributed by atoms with Crippen LogP contribution < -0.4 is 0 Å². The van der Waals surface area contributed by atoms with E-state index in [9.17, 15) is 15.0 Å². The zero-order valence-corrected chi connectivity index (χ0v) is 13.5. The summed E-state index contributed by atoms with van der Waals surface area (Å²) in [5.74, 6) is -0.0947. The van der Waals surface area contributed by atoms with Gasteiger partial charge in [-0.1, -0.05) is 25.2 Å². The van der Waals surface area contributed by atoms with Crippen LogP contribution in [0.3, 0.4) is 0 Å². The van der Waals surface area contributed by atoms with Gasteiger partial charge in [-0.2, -0.15) is 0 Å². The van der Waals surface area contributed by atoms with Gasteiger partial charge >= 0.3 is 5.97 Å². The fourth-order valence-electron chi connectivity index (χ4n) is 2.22. The molecule has 0 radical (unpaired) electrons. The monoisotopic (exact) mass is 296 g/mol. The van der Waals surface area contributed by atoms with Gasteiger partial charge < -0.3 is 14.9 Å². The maximum atomic E-state index is 11.8. The summed E-state index contributed by atoms with van der Waals surface area (Å²) < 4.78 is 5.39. The van der Waals surface area contributed by atoms with E-state index in [1.165, 1.54) is 0 Å². The van der Waals surface area contributed by atoms with Crippen LogP contribution in [0.2, 0.25) is 0 Å². The molecule has 0 saturated carbocycles. The molecule has 2 N–H and O–H groups in total. The highest BCUT2D eigenvalue weighted by molar-refractivity contribution is 5.69. The third-order valence-electron chi connectivity index (χ3n) is 4.19. The second kappa shape index (κ2) is 7.76. The molecule has 1 aliphatic rings. The average Bonchev–Trinajstić information content (AvgIpc) is 2.41. The van der Waals surface area contributed by atoms with Crippen molar-refractivity contribution in [3.8, 4) is 0 Å². The molecule has 120 valence electrons. The Morgan fingerprint density at radius 2 is 2.00 bits per heavy atom. The summed E-state index contributed by atoms with van der Waals surface area (Å²) >= 11 is 0. The van der Waals surface area contributed by atoms with Gasteiger partial charge in [-0.15, -0.1) is 0 Å². The Labute approximate surface area is 127 Å². The summed E-state index contributed by atoms with van der Waals surface area (Å²) in [6.45, 7) is 7.44. The molecule has 4 heteroatoms. The van der Waals surface area contributed by atoms with Crippen molar-refractivity contribution < 1.29 is 19.7 Å². The fraction of sp³-hybridized carbons (Fsp3) is 0.706. The molecule has 4 atom stereocenters. The summed E-state index contributed by atoms with van der Waals surface area (Å²) in [6.07, 6.45) is 6.45. The highest BCUT2D eigenvalue weighted by Gasteiger charge is 2.22. The third-order valence-corrected chi connectivity index (χ3v) is 4.19. The highest BCUT2D eigenvalue weighted by atomic mass is 16.5. The Morgan fingerprint density at radius 1 is 1.33 bits per heavy atom. The number of rotatable bonds is 0. The first kappa shape index (κ1) is 17.9. The average molecular weight is 296 g/mol. The van der Waals surface area contributed by atoms with Crippen LogP contribution >= 0.6 is 0 Å². The fourth-order valence-corrected chi connectivity index (χ4v) is 2.22. The zero-order valence-electron chi connectivity index (χ0n) is 13.5. The molecule has 1 heterocycles. The molecule has 4 unspecified atom stereocenters. The van der Waals surface area contributed by atoms with Gasteiger partial charge in [0.05, 0.1) is 11.7 Å². The van der Waals surface area contributed by atoms with Crippen molar-refractivity contribution in [1.82, 2.24) is 0 Å². The number of ether oxygens (including phenoxy) is 1. The van der Waals surface area contributed by atoms with E-state index >= 15 is 0 Å². The van der Waals surface area contributed by atoms with Crippen LogP contribution in [0.1, 0.15) is 53.4 Å². The van der Waals surface area contributed by atoms with Gasteiger partial charge in [0.2, 0.25) is 0 Å². The SMILES string of the molecule is C/C1=C\C=C/C(C)(O)CCC(=O)OC(C)C(C)CCC1O. The molecule has 1 rings (SSSR count). The molecule has 0 bridgehead atoms. The Bertz CT molecular complexity index is 409. The number of hydrogen-bond donors (Lipinski definition) is 2. The topological polar surface area (TPSA) is 66.8 Å². The number of carbonyl (C=O) groups excluding carboxylic acids is 1. The molecule has 0 spiro atoms. The van der Waals surface area contributed by atoms with E-state index in [4.69, 9.17) is 4.74 Å². The third kappa shape index (κ3) is 6.44. The van der Waals surface area contributed by atoms with Crippen molar-refractivity contribution in [3.05, 3.63) is 23.8 Å². The Kier molecular flexibility index (Phi) is 6.62. The maximum Gasteiger partial charge on any atom is 0.306 e. The number of esters is 1. The number of hydrogen-bond acceptors (Lipinski definition) is 4. The lowest BCUT2D eigenvalue weighted by molar-refractivity contribution is -0.151. The van der Waals surface area contributed by atoms with Gasteiger partial charge in [-0.25, -0.2) is 0 Å². The summed E-state index contributed by atoms with van der Waals surface area (Å²) in [4.78, 5) is 11.8. The molecule has 0 fully saturated rings. The van der Waals surface area contributed by atoms with Crippen molar-refractivity contribution in [1.29, 1.82) is 0 Å². The Morgan fingerprint density at radius 3 is 2.67 bits per heavy atom. The van der Waals surface area contributed by atoms with Crippen LogP contribution in [0.4, 0.5) is 0 Å². The smallest absolute Gasteiger partial charge is 0.306 e. The molecule has 21 heavy (non-hydrogen) atoms. The molecule has 0 aromatic carbocycles. The first-order chi connectivity index (χ1) is 9.71. The Balaban J connectivity index is 2.88.